The van der Waals surface area contributed by atoms with E-state index in [1.54, 1.807) is 0 Å². The second-order valence-corrected chi connectivity index (χ2v) is 5.32. The number of benzene rings is 1. The van der Waals surface area contributed by atoms with E-state index < -0.39 is 35.8 Å². The molecule has 0 aliphatic heterocycles. The van der Waals surface area contributed by atoms with E-state index in [0.29, 0.717) is 5.56 Å². The Labute approximate surface area is 140 Å². The Morgan fingerprint density at radius 1 is 1.24 bits per heavy atom. The molecule has 0 radical (unpaired) electrons. The lowest BCUT2D eigenvalue weighted by molar-refractivity contribution is -0.175. The van der Waals surface area contributed by atoms with Crippen molar-refractivity contribution in [1.29, 1.82) is 0 Å². The lowest BCUT2D eigenvalue weighted by atomic mass is 9.99. The fourth-order valence-corrected chi connectivity index (χ4v) is 2.07. The molecule has 0 saturated heterocycles. The van der Waals surface area contributed by atoms with Gasteiger partial charge in [0.1, 0.15) is 11.9 Å². The maximum atomic E-state index is 13.9. The van der Waals surface area contributed by atoms with Gasteiger partial charge in [-0.15, -0.1) is 0 Å². The Morgan fingerprint density at radius 2 is 1.84 bits per heavy atom. The van der Waals surface area contributed by atoms with E-state index in [-0.39, 0.29) is 24.1 Å². The predicted molar refractivity (Wildman–Crippen MR) is 79.4 cm³/mol. The molecular weight excluding hydrogens is 348 g/mol. The topological polar surface area (TPSA) is 95.5 Å². The van der Waals surface area contributed by atoms with E-state index in [1.165, 1.54) is 25.2 Å². The number of rotatable bonds is 6. The number of hydrogen-bond donors (Lipinski definition) is 3. The standard InChI is InChI=1S/C15H16F4N2O4/c1-7-9(5-10(6-11(7)16)20-8(2)22)3-4-12(13(23)24)21-14(25)15(17,18)19/h5-6,12H,3-4H2,1-2H3,(H,20,22)(H,21,25)(H,23,24)/t12-/m0/s1. The van der Waals surface area contributed by atoms with Crippen molar-refractivity contribution in [3.05, 3.63) is 29.1 Å². The van der Waals surface area contributed by atoms with Crippen molar-refractivity contribution >= 4 is 23.5 Å². The maximum Gasteiger partial charge on any atom is 0.471 e. The third-order valence-corrected chi connectivity index (χ3v) is 3.34. The Morgan fingerprint density at radius 3 is 2.32 bits per heavy atom. The number of nitrogens with one attached hydrogen (secondary N) is 2. The van der Waals surface area contributed by atoms with Gasteiger partial charge in [-0.3, -0.25) is 9.59 Å². The van der Waals surface area contributed by atoms with Crippen LogP contribution in [-0.4, -0.2) is 35.1 Å². The first kappa shape index (κ1) is 20.4. The minimum absolute atomic E-state index is 0.120. The summed E-state index contributed by atoms with van der Waals surface area (Å²) in [6, 6.07) is 0.672. The number of carbonyl (C=O) groups is 3. The van der Waals surface area contributed by atoms with Crippen molar-refractivity contribution in [2.24, 2.45) is 0 Å². The van der Waals surface area contributed by atoms with Crippen LogP contribution in [0.1, 0.15) is 24.5 Å². The zero-order valence-electron chi connectivity index (χ0n) is 13.3. The predicted octanol–water partition coefficient (Wildman–Crippen LogP) is 2.16. The van der Waals surface area contributed by atoms with Crippen LogP contribution in [0.3, 0.4) is 0 Å². The second kappa shape index (κ2) is 7.95. The molecule has 10 heteroatoms. The Bertz CT molecular complexity index is 689. The van der Waals surface area contributed by atoms with Crippen LogP contribution in [0, 0.1) is 12.7 Å². The average molecular weight is 364 g/mol. The zero-order chi connectivity index (χ0) is 19.4. The van der Waals surface area contributed by atoms with Gasteiger partial charge in [-0.25, -0.2) is 9.18 Å². The highest BCUT2D eigenvalue weighted by Crippen LogP contribution is 2.22. The fraction of sp³-hybridized carbons (Fsp3) is 0.400. The normalized spacial score (nSPS) is 12.4. The van der Waals surface area contributed by atoms with Crippen molar-refractivity contribution in [3.63, 3.8) is 0 Å². The Balaban J connectivity index is 2.92. The smallest absolute Gasteiger partial charge is 0.471 e. The summed E-state index contributed by atoms with van der Waals surface area (Å²) in [6.07, 6.45) is -5.71. The first-order valence-corrected chi connectivity index (χ1v) is 7.09. The largest absolute Gasteiger partial charge is 0.480 e. The van der Waals surface area contributed by atoms with Gasteiger partial charge in [-0.05, 0) is 43.0 Å². The Kier molecular flexibility index (Phi) is 6.49. The number of amides is 2. The summed E-state index contributed by atoms with van der Waals surface area (Å²) in [5.74, 6) is -5.12. The summed E-state index contributed by atoms with van der Waals surface area (Å²) in [6.45, 7) is 2.62. The second-order valence-electron chi connectivity index (χ2n) is 5.32. The number of hydrogen-bond acceptors (Lipinski definition) is 3. The van der Waals surface area contributed by atoms with Crippen molar-refractivity contribution < 1.29 is 37.1 Å². The molecule has 1 atom stereocenters. The number of carboxylic acids is 1. The summed E-state index contributed by atoms with van der Waals surface area (Å²) in [5.41, 5.74) is 0.605. The number of halogens is 4. The van der Waals surface area contributed by atoms with Crippen molar-refractivity contribution in [3.8, 4) is 0 Å². The van der Waals surface area contributed by atoms with E-state index in [0.717, 1.165) is 6.07 Å². The highest BCUT2D eigenvalue weighted by molar-refractivity contribution is 5.89. The third kappa shape index (κ3) is 6.05. The van der Waals surface area contributed by atoms with E-state index in [4.69, 9.17) is 5.11 Å². The third-order valence-electron chi connectivity index (χ3n) is 3.34. The zero-order valence-corrected chi connectivity index (χ0v) is 13.3. The molecule has 0 aliphatic rings. The van der Waals surface area contributed by atoms with Crippen LogP contribution >= 0.6 is 0 Å². The van der Waals surface area contributed by atoms with Crippen molar-refractivity contribution in [2.45, 2.75) is 38.9 Å². The molecule has 138 valence electrons. The van der Waals surface area contributed by atoms with Gasteiger partial charge in [0, 0.05) is 12.6 Å². The molecule has 6 nitrogen and oxygen atoms in total. The van der Waals surface area contributed by atoms with Gasteiger partial charge in [-0.2, -0.15) is 13.2 Å². The summed E-state index contributed by atoms with van der Waals surface area (Å²) >= 11 is 0. The van der Waals surface area contributed by atoms with Gasteiger partial charge in [0.2, 0.25) is 5.91 Å². The number of carboxylic acid groups (broad SMARTS) is 1. The molecule has 1 rings (SSSR count). The SMILES string of the molecule is CC(=O)Nc1cc(F)c(C)c(CC[C@H](NC(=O)C(F)(F)F)C(=O)O)c1. The van der Waals surface area contributed by atoms with Gasteiger partial charge in [0.25, 0.3) is 0 Å². The van der Waals surface area contributed by atoms with Crippen molar-refractivity contribution in [1.82, 2.24) is 5.32 Å². The summed E-state index contributed by atoms with van der Waals surface area (Å²) in [4.78, 5) is 32.9. The van der Waals surface area contributed by atoms with E-state index in [9.17, 15) is 31.9 Å². The van der Waals surface area contributed by atoms with Crippen LogP contribution < -0.4 is 10.6 Å². The van der Waals surface area contributed by atoms with Gasteiger partial charge >= 0.3 is 18.1 Å². The van der Waals surface area contributed by atoms with Crippen molar-refractivity contribution in [2.75, 3.05) is 5.32 Å². The molecule has 0 unspecified atom stereocenters. The molecule has 2 amide bonds. The molecule has 0 aliphatic carbocycles. The molecule has 1 aromatic rings. The Hall–Kier alpha value is -2.65. The van der Waals surface area contributed by atoms with Crippen LogP contribution in [-0.2, 0) is 20.8 Å². The molecule has 0 bridgehead atoms. The van der Waals surface area contributed by atoms with Gasteiger partial charge in [0.05, 0.1) is 0 Å². The average Bonchev–Trinajstić information content (AvgIpc) is 2.45. The molecule has 0 heterocycles. The van der Waals surface area contributed by atoms with E-state index >= 15 is 0 Å². The van der Waals surface area contributed by atoms with Gasteiger partial charge < -0.3 is 15.7 Å². The summed E-state index contributed by atoms with van der Waals surface area (Å²) in [5, 5.41) is 12.7. The van der Waals surface area contributed by atoms with Crippen LogP contribution in [0.15, 0.2) is 12.1 Å². The molecule has 0 fully saturated rings. The maximum absolute atomic E-state index is 13.9. The number of anilines is 1. The summed E-state index contributed by atoms with van der Waals surface area (Å²) < 4.78 is 50.6. The molecule has 1 aromatic carbocycles. The molecular formula is C15H16F4N2O4. The lowest BCUT2D eigenvalue weighted by Crippen LogP contribution is -2.47. The number of aryl methyl sites for hydroxylation is 1. The van der Waals surface area contributed by atoms with E-state index in [2.05, 4.69) is 5.32 Å². The molecule has 0 saturated carbocycles. The fourth-order valence-electron chi connectivity index (χ4n) is 2.07. The van der Waals surface area contributed by atoms with Crippen LogP contribution in [0.25, 0.3) is 0 Å². The van der Waals surface area contributed by atoms with E-state index in [1.807, 2.05) is 0 Å². The first-order valence-electron chi connectivity index (χ1n) is 7.09. The highest BCUT2D eigenvalue weighted by atomic mass is 19.4. The minimum Gasteiger partial charge on any atom is -0.480 e. The minimum atomic E-state index is -5.21. The number of carbonyl (C=O) groups excluding carboxylic acids is 2. The first-order chi connectivity index (χ1) is 11.4. The van der Waals surface area contributed by atoms with Crippen LogP contribution in [0.4, 0.5) is 23.2 Å². The summed E-state index contributed by atoms with van der Waals surface area (Å²) in [7, 11) is 0. The molecule has 0 aromatic heterocycles. The van der Waals surface area contributed by atoms with Gasteiger partial charge in [0.15, 0.2) is 0 Å². The lowest BCUT2D eigenvalue weighted by Gasteiger charge is -2.17. The molecule has 0 spiro atoms. The van der Waals surface area contributed by atoms with Gasteiger partial charge in [-0.1, -0.05) is 0 Å². The number of aliphatic carboxylic acids is 1. The molecule has 3 N–H and O–H groups in total. The quantitative estimate of drug-likeness (QED) is 0.674. The van der Waals surface area contributed by atoms with Crippen LogP contribution in [0.5, 0.6) is 0 Å². The van der Waals surface area contributed by atoms with Crippen LogP contribution in [0.2, 0.25) is 0 Å². The highest BCUT2D eigenvalue weighted by Gasteiger charge is 2.40. The molecule has 25 heavy (non-hydrogen) atoms. The monoisotopic (exact) mass is 364 g/mol. The number of alkyl halides is 3.